The molecule has 0 aromatic rings. The summed E-state index contributed by atoms with van der Waals surface area (Å²) in [6.45, 7) is 2.78. The monoisotopic (exact) mass is 190 g/mol. The van der Waals surface area contributed by atoms with E-state index in [2.05, 4.69) is 6.92 Å². The van der Waals surface area contributed by atoms with E-state index in [1.807, 2.05) is 21.1 Å². The van der Waals surface area contributed by atoms with Crippen molar-refractivity contribution in [3.8, 4) is 0 Å². The van der Waals surface area contributed by atoms with Crippen molar-refractivity contribution in [2.24, 2.45) is 0 Å². The molecule has 0 atom stereocenters. The Labute approximate surface area is 79.9 Å². The number of likely N-dealkylation sites (N-methyl/N-ethyl adjacent to an activating group) is 1. The van der Waals surface area contributed by atoms with Gasteiger partial charge < -0.3 is 4.48 Å². The van der Waals surface area contributed by atoms with Crippen LogP contribution in [0.5, 0.6) is 0 Å². The predicted octanol–water partition coefficient (Wildman–Crippen LogP) is 1.75. The summed E-state index contributed by atoms with van der Waals surface area (Å²) < 4.78 is 0.734. The van der Waals surface area contributed by atoms with Gasteiger partial charge in [-0.2, -0.15) is 0 Å². The molecule has 0 heterocycles. The van der Waals surface area contributed by atoms with Gasteiger partial charge in [0.25, 0.3) is 0 Å². The van der Waals surface area contributed by atoms with Crippen molar-refractivity contribution in [3.05, 3.63) is 0 Å². The Hall–Kier alpha value is -0.0200. The third-order valence-electron chi connectivity index (χ3n) is 1.36. The second-order valence-corrected chi connectivity index (χ2v) is 5.17. The fourth-order valence-electron chi connectivity index (χ4n) is 0.763. The summed E-state index contributed by atoms with van der Waals surface area (Å²) in [5.74, 6) is 0.981. The van der Waals surface area contributed by atoms with Crippen LogP contribution in [-0.2, 0) is 4.79 Å². The Bertz CT molecular complexity index is 140. The van der Waals surface area contributed by atoms with E-state index in [-0.39, 0.29) is 0 Å². The number of quaternary nitrogens is 1. The zero-order valence-electron chi connectivity index (χ0n) is 8.59. The molecule has 3 heteroatoms. The number of carbonyl (C=O) groups excluding carboxylic acids is 1. The van der Waals surface area contributed by atoms with Crippen molar-refractivity contribution in [1.29, 1.82) is 0 Å². The van der Waals surface area contributed by atoms with Gasteiger partial charge in [-0.1, -0.05) is 25.1 Å². The number of thioether (sulfide) groups is 1. The predicted molar refractivity (Wildman–Crippen MR) is 55.3 cm³/mol. The van der Waals surface area contributed by atoms with E-state index in [0.29, 0.717) is 11.7 Å². The van der Waals surface area contributed by atoms with Crippen LogP contribution in [-0.4, -0.2) is 43.0 Å². The van der Waals surface area contributed by atoms with E-state index < -0.39 is 0 Å². The number of rotatable bonds is 5. The Kier molecular flexibility index (Phi) is 5.59. The molecule has 2 nitrogen and oxygen atoms in total. The Morgan fingerprint density at radius 2 is 1.92 bits per heavy atom. The average Bonchev–Trinajstić information content (AvgIpc) is 1.84. The molecule has 0 aliphatic carbocycles. The number of unbranched alkanes of at least 4 members (excludes halogenated alkanes) is 1. The highest BCUT2D eigenvalue weighted by molar-refractivity contribution is 8.13. The van der Waals surface area contributed by atoms with Gasteiger partial charge >= 0.3 is 0 Å². The minimum Gasteiger partial charge on any atom is -0.324 e. The zero-order chi connectivity index (χ0) is 9.61. The normalized spacial score (nSPS) is 11.7. The van der Waals surface area contributed by atoms with Crippen molar-refractivity contribution < 1.29 is 9.28 Å². The van der Waals surface area contributed by atoms with Crippen LogP contribution in [0.1, 0.15) is 19.8 Å². The Balaban J connectivity index is 3.47. The summed E-state index contributed by atoms with van der Waals surface area (Å²) in [5.41, 5.74) is 0. The lowest BCUT2D eigenvalue weighted by atomic mass is 10.4. The van der Waals surface area contributed by atoms with Crippen molar-refractivity contribution >= 4 is 16.9 Å². The molecule has 0 rings (SSSR count). The van der Waals surface area contributed by atoms with Gasteiger partial charge in [0, 0.05) is 5.75 Å². The molecule has 72 valence electrons. The van der Waals surface area contributed by atoms with E-state index in [0.717, 1.165) is 16.7 Å². The van der Waals surface area contributed by atoms with Gasteiger partial charge in [0.2, 0.25) is 5.12 Å². The molecular weight excluding hydrogens is 170 g/mol. The summed E-state index contributed by atoms with van der Waals surface area (Å²) >= 11 is 1.47. The minimum atomic E-state index is 0.316. The molecule has 0 aliphatic rings. The number of hydrogen-bond donors (Lipinski definition) is 0. The molecule has 0 radical (unpaired) electrons. The fourth-order valence-corrected chi connectivity index (χ4v) is 1.90. The molecule has 0 saturated heterocycles. The molecule has 0 aliphatic heterocycles. The maximum absolute atomic E-state index is 11.3. The summed E-state index contributed by atoms with van der Waals surface area (Å²) in [6.07, 6.45) is 2.32. The summed E-state index contributed by atoms with van der Waals surface area (Å²) in [6, 6.07) is 0. The molecule has 0 spiro atoms. The lowest BCUT2D eigenvalue weighted by Gasteiger charge is -2.22. The van der Waals surface area contributed by atoms with Gasteiger partial charge in [-0.15, -0.1) is 0 Å². The maximum atomic E-state index is 11.3. The molecule has 0 aromatic carbocycles. The zero-order valence-corrected chi connectivity index (χ0v) is 9.41. The SMILES string of the molecule is CCCCSC(=O)C[N+](C)(C)C. The summed E-state index contributed by atoms with van der Waals surface area (Å²) in [5, 5.41) is 0.316. The molecule has 0 amide bonds. The van der Waals surface area contributed by atoms with E-state index in [9.17, 15) is 4.79 Å². The van der Waals surface area contributed by atoms with E-state index in [4.69, 9.17) is 0 Å². The van der Waals surface area contributed by atoms with E-state index >= 15 is 0 Å². The molecule has 0 unspecified atom stereocenters. The van der Waals surface area contributed by atoms with Gasteiger partial charge in [0.05, 0.1) is 21.1 Å². The van der Waals surface area contributed by atoms with Crippen LogP contribution in [0, 0.1) is 0 Å². The molecule has 12 heavy (non-hydrogen) atoms. The minimum absolute atomic E-state index is 0.316. The van der Waals surface area contributed by atoms with Crippen LogP contribution in [0.4, 0.5) is 0 Å². The number of hydrogen-bond acceptors (Lipinski definition) is 2. The largest absolute Gasteiger partial charge is 0.324 e. The fraction of sp³-hybridized carbons (Fsp3) is 0.889. The first kappa shape index (κ1) is 12.0. The van der Waals surface area contributed by atoms with Gasteiger partial charge in [-0.05, 0) is 6.42 Å². The topological polar surface area (TPSA) is 17.1 Å². The molecule has 0 N–H and O–H groups in total. The summed E-state index contributed by atoms with van der Waals surface area (Å²) in [7, 11) is 6.12. The second-order valence-electron chi connectivity index (χ2n) is 4.02. The van der Waals surface area contributed by atoms with Crippen LogP contribution >= 0.6 is 11.8 Å². The second kappa shape index (κ2) is 5.60. The van der Waals surface area contributed by atoms with Crippen LogP contribution in [0.15, 0.2) is 0 Å². The van der Waals surface area contributed by atoms with Crippen molar-refractivity contribution in [2.75, 3.05) is 33.4 Å². The highest BCUT2D eigenvalue weighted by atomic mass is 32.2. The highest BCUT2D eigenvalue weighted by Gasteiger charge is 2.13. The molecule has 0 fully saturated rings. The number of carbonyl (C=O) groups is 1. The standard InChI is InChI=1S/C9H20NOS/c1-5-6-7-12-9(11)8-10(2,3)4/h5-8H2,1-4H3/q+1. The van der Waals surface area contributed by atoms with Crippen LogP contribution < -0.4 is 0 Å². The first-order chi connectivity index (χ1) is 5.45. The van der Waals surface area contributed by atoms with E-state index in [1.165, 1.54) is 18.2 Å². The maximum Gasteiger partial charge on any atom is 0.243 e. The van der Waals surface area contributed by atoms with Crippen molar-refractivity contribution in [2.45, 2.75) is 19.8 Å². The van der Waals surface area contributed by atoms with Gasteiger partial charge in [-0.25, -0.2) is 0 Å². The van der Waals surface area contributed by atoms with Crippen LogP contribution in [0.25, 0.3) is 0 Å². The first-order valence-corrected chi connectivity index (χ1v) is 5.40. The first-order valence-electron chi connectivity index (χ1n) is 4.42. The smallest absolute Gasteiger partial charge is 0.243 e. The van der Waals surface area contributed by atoms with E-state index in [1.54, 1.807) is 0 Å². The van der Waals surface area contributed by atoms with Crippen molar-refractivity contribution in [1.82, 2.24) is 0 Å². The molecule has 0 saturated carbocycles. The van der Waals surface area contributed by atoms with Gasteiger partial charge in [0.15, 0.2) is 0 Å². The Morgan fingerprint density at radius 1 is 1.33 bits per heavy atom. The molecule has 0 bridgehead atoms. The van der Waals surface area contributed by atoms with Crippen LogP contribution in [0.2, 0.25) is 0 Å². The summed E-state index contributed by atoms with van der Waals surface area (Å²) in [4.78, 5) is 11.3. The van der Waals surface area contributed by atoms with Crippen LogP contribution in [0.3, 0.4) is 0 Å². The van der Waals surface area contributed by atoms with Gasteiger partial charge in [0.1, 0.15) is 6.54 Å². The third-order valence-corrected chi connectivity index (χ3v) is 2.31. The molecular formula is C9H20NOS+. The average molecular weight is 190 g/mol. The quantitative estimate of drug-likeness (QED) is 0.485. The lowest BCUT2D eigenvalue weighted by Crippen LogP contribution is -2.38. The Morgan fingerprint density at radius 3 is 2.33 bits per heavy atom. The van der Waals surface area contributed by atoms with Gasteiger partial charge in [-0.3, -0.25) is 4.79 Å². The third kappa shape index (κ3) is 8.08. The highest BCUT2D eigenvalue weighted by Crippen LogP contribution is 2.07. The molecule has 0 aromatic heterocycles. The number of nitrogens with zero attached hydrogens (tertiary/aromatic N) is 1. The lowest BCUT2D eigenvalue weighted by molar-refractivity contribution is -0.861. The van der Waals surface area contributed by atoms with Crippen molar-refractivity contribution in [3.63, 3.8) is 0 Å².